The minimum atomic E-state index is -0.555. The van der Waals surface area contributed by atoms with E-state index in [1.54, 1.807) is 0 Å². The van der Waals surface area contributed by atoms with Gasteiger partial charge in [-0.3, -0.25) is 0 Å². The summed E-state index contributed by atoms with van der Waals surface area (Å²) in [6.07, 6.45) is 2.78. The van der Waals surface area contributed by atoms with Crippen LogP contribution in [-0.4, -0.2) is 30.7 Å². The number of rotatable bonds is 1. The first-order valence-corrected chi connectivity index (χ1v) is 5.04. The lowest BCUT2D eigenvalue weighted by Gasteiger charge is -2.38. The topological polar surface area (TPSA) is 62.5 Å². The number of aliphatic hydroxyl groups is 1. The summed E-state index contributed by atoms with van der Waals surface area (Å²) >= 11 is 0. The number of ether oxygens (including phenoxy) is 2. The summed E-state index contributed by atoms with van der Waals surface area (Å²) in [7, 11) is 0. The number of hydrogen-bond acceptors (Lipinski definition) is 4. The van der Waals surface area contributed by atoms with E-state index in [1.165, 1.54) is 0 Å². The first kappa shape index (κ1) is 9.91. The van der Waals surface area contributed by atoms with Gasteiger partial charge < -0.3 is 14.6 Å². The van der Waals surface area contributed by atoms with Crippen LogP contribution < -0.4 is 0 Å². The first-order chi connectivity index (χ1) is 6.74. The monoisotopic (exact) mass is 197 g/mol. The van der Waals surface area contributed by atoms with Gasteiger partial charge in [-0.1, -0.05) is 0 Å². The van der Waals surface area contributed by atoms with E-state index in [2.05, 4.69) is 6.07 Å². The lowest BCUT2D eigenvalue weighted by atomic mass is 9.73. The molecule has 0 unspecified atom stereocenters. The molecule has 0 aromatic heterocycles. The third-order valence-corrected chi connectivity index (χ3v) is 3.32. The Bertz CT molecular complexity index is 243. The van der Waals surface area contributed by atoms with Gasteiger partial charge in [0.15, 0.2) is 5.79 Å². The molecule has 1 spiro atoms. The molecule has 0 aromatic carbocycles. The Kier molecular flexibility index (Phi) is 2.48. The molecule has 4 heteroatoms. The molecule has 1 saturated carbocycles. The van der Waals surface area contributed by atoms with Crippen LogP contribution in [0.3, 0.4) is 0 Å². The number of aliphatic hydroxyl groups excluding tert-OH is 1. The van der Waals surface area contributed by atoms with E-state index < -0.39 is 11.2 Å². The molecule has 14 heavy (non-hydrogen) atoms. The summed E-state index contributed by atoms with van der Waals surface area (Å²) in [4.78, 5) is 0. The molecule has 0 atom stereocenters. The quantitative estimate of drug-likeness (QED) is 0.675. The van der Waals surface area contributed by atoms with E-state index >= 15 is 0 Å². The zero-order valence-corrected chi connectivity index (χ0v) is 8.16. The highest BCUT2D eigenvalue weighted by atomic mass is 16.7. The highest BCUT2D eigenvalue weighted by Gasteiger charge is 2.46. The second kappa shape index (κ2) is 3.50. The molecule has 4 nitrogen and oxygen atoms in total. The highest BCUT2D eigenvalue weighted by Crippen LogP contribution is 2.44. The second-order valence-electron chi connectivity index (χ2n) is 4.16. The van der Waals surface area contributed by atoms with Crippen molar-refractivity contribution in [3.8, 4) is 6.07 Å². The average Bonchev–Trinajstić information content (AvgIpc) is 2.69. The van der Waals surface area contributed by atoms with Crippen molar-refractivity contribution >= 4 is 0 Å². The Morgan fingerprint density at radius 1 is 1.14 bits per heavy atom. The summed E-state index contributed by atoms with van der Waals surface area (Å²) in [6.45, 7) is 1.25. The minimum absolute atomic E-state index is 0.0560. The molecule has 1 aliphatic carbocycles. The fourth-order valence-corrected chi connectivity index (χ4v) is 2.20. The van der Waals surface area contributed by atoms with Gasteiger partial charge in [-0.2, -0.15) is 5.26 Å². The zero-order valence-electron chi connectivity index (χ0n) is 8.16. The van der Waals surface area contributed by atoms with Crippen LogP contribution in [0.25, 0.3) is 0 Å². The van der Waals surface area contributed by atoms with Gasteiger partial charge in [0.2, 0.25) is 0 Å². The lowest BCUT2D eigenvalue weighted by molar-refractivity contribution is -0.189. The van der Waals surface area contributed by atoms with Crippen LogP contribution in [0.2, 0.25) is 0 Å². The molecule has 0 aromatic rings. The number of nitriles is 1. The van der Waals surface area contributed by atoms with Gasteiger partial charge in [-0.25, -0.2) is 0 Å². The van der Waals surface area contributed by atoms with Crippen molar-refractivity contribution in [2.45, 2.75) is 31.5 Å². The Hall–Kier alpha value is -0.630. The molecule has 1 saturated heterocycles. The van der Waals surface area contributed by atoms with Gasteiger partial charge >= 0.3 is 0 Å². The molecule has 1 N–H and O–H groups in total. The largest absolute Gasteiger partial charge is 0.395 e. The third kappa shape index (κ3) is 1.52. The van der Waals surface area contributed by atoms with Crippen molar-refractivity contribution < 1.29 is 14.6 Å². The smallest absolute Gasteiger partial charge is 0.168 e. The number of hydrogen-bond donors (Lipinski definition) is 1. The van der Waals surface area contributed by atoms with Gasteiger partial charge in [0.1, 0.15) is 0 Å². The summed E-state index contributed by atoms with van der Waals surface area (Å²) in [5.41, 5.74) is -0.555. The van der Waals surface area contributed by atoms with Crippen LogP contribution in [0.15, 0.2) is 0 Å². The van der Waals surface area contributed by atoms with Crippen molar-refractivity contribution in [1.82, 2.24) is 0 Å². The molecule has 2 rings (SSSR count). The van der Waals surface area contributed by atoms with Crippen LogP contribution in [-0.2, 0) is 9.47 Å². The van der Waals surface area contributed by atoms with Crippen LogP contribution in [0.4, 0.5) is 0 Å². The second-order valence-corrected chi connectivity index (χ2v) is 4.16. The zero-order chi connectivity index (χ0) is 10.1. The fourth-order valence-electron chi connectivity index (χ4n) is 2.20. The molecule has 2 fully saturated rings. The molecule has 78 valence electrons. The van der Waals surface area contributed by atoms with Crippen LogP contribution in [0.5, 0.6) is 0 Å². The van der Waals surface area contributed by atoms with Crippen molar-refractivity contribution in [3.05, 3.63) is 0 Å². The highest BCUT2D eigenvalue weighted by molar-refractivity contribution is 5.03. The van der Waals surface area contributed by atoms with E-state index in [1.807, 2.05) is 0 Å². The van der Waals surface area contributed by atoms with E-state index in [9.17, 15) is 0 Å². The average molecular weight is 197 g/mol. The Labute approximate surface area is 83.4 Å². The Morgan fingerprint density at radius 2 is 1.71 bits per heavy atom. The molecule has 2 aliphatic rings. The predicted molar refractivity (Wildman–Crippen MR) is 48.2 cm³/mol. The Morgan fingerprint density at radius 3 is 2.14 bits per heavy atom. The van der Waals surface area contributed by atoms with Crippen LogP contribution in [0, 0.1) is 16.7 Å². The van der Waals surface area contributed by atoms with E-state index in [4.69, 9.17) is 19.8 Å². The van der Waals surface area contributed by atoms with Gasteiger partial charge in [-0.05, 0) is 12.8 Å². The summed E-state index contributed by atoms with van der Waals surface area (Å²) in [5, 5.41) is 18.1. The summed E-state index contributed by atoms with van der Waals surface area (Å²) in [5.74, 6) is -0.435. The Balaban J connectivity index is 2.01. The van der Waals surface area contributed by atoms with E-state index in [-0.39, 0.29) is 6.61 Å². The lowest BCUT2D eigenvalue weighted by Crippen LogP contribution is -2.40. The standard InChI is InChI=1S/C10H15NO3/c11-7-9(8-12)1-3-10(4-2-9)13-5-6-14-10/h12H,1-6,8H2. The third-order valence-electron chi connectivity index (χ3n) is 3.32. The van der Waals surface area contributed by atoms with Crippen molar-refractivity contribution in [2.24, 2.45) is 5.41 Å². The molecule has 1 heterocycles. The van der Waals surface area contributed by atoms with E-state index in [0.29, 0.717) is 26.1 Å². The van der Waals surface area contributed by atoms with Gasteiger partial charge in [-0.15, -0.1) is 0 Å². The molecule has 0 amide bonds. The van der Waals surface area contributed by atoms with Gasteiger partial charge in [0.05, 0.1) is 31.3 Å². The fraction of sp³-hybridized carbons (Fsp3) is 0.900. The summed E-state index contributed by atoms with van der Waals surface area (Å²) < 4.78 is 11.1. The maximum absolute atomic E-state index is 9.17. The maximum Gasteiger partial charge on any atom is 0.168 e. The SMILES string of the molecule is N#CC1(CO)CCC2(CC1)OCCO2. The van der Waals surface area contributed by atoms with E-state index in [0.717, 1.165) is 12.8 Å². The molecule has 0 radical (unpaired) electrons. The van der Waals surface area contributed by atoms with Crippen LogP contribution in [0.1, 0.15) is 25.7 Å². The number of nitrogens with zero attached hydrogens (tertiary/aromatic N) is 1. The summed E-state index contributed by atoms with van der Waals surface area (Å²) in [6, 6.07) is 2.21. The van der Waals surface area contributed by atoms with Gasteiger partial charge in [0, 0.05) is 12.8 Å². The molecular formula is C10H15NO3. The van der Waals surface area contributed by atoms with Crippen LogP contribution >= 0.6 is 0 Å². The van der Waals surface area contributed by atoms with Gasteiger partial charge in [0.25, 0.3) is 0 Å². The molecule has 1 aliphatic heterocycles. The van der Waals surface area contributed by atoms with Crippen molar-refractivity contribution in [3.63, 3.8) is 0 Å². The normalized spacial score (nSPS) is 28.9. The van der Waals surface area contributed by atoms with Crippen molar-refractivity contribution in [2.75, 3.05) is 19.8 Å². The van der Waals surface area contributed by atoms with Crippen molar-refractivity contribution in [1.29, 1.82) is 5.26 Å². The minimum Gasteiger partial charge on any atom is -0.395 e. The molecule has 0 bridgehead atoms. The molecular weight excluding hydrogens is 182 g/mol. The maximum atomic E-state index is 9.17. The first-order valence-electron chi connectivity index (χ1n) is 5.04. The predicted octanol–water partition coefficient (Wildman–Crippen LogP) is 0.806.